The molecule has 0 unspecified atom stereocenters. The van der Waals surface area contributed by atoms with Crippen LogP contribution in [-0.4, -0.2) is 24.5 Å². The maximum Gasteiger partial charge on any atom is 0.335 e. The molecule has 0 saturated carbocycles. The van der Waals surface area contributed by atoms with E-state index in [0.29, 0.717) is 10.5 Å². The van der Waals surface area contributed by atoms with Crippen molar-refractivity contribution in [1.29, 1.82) is 0 Å². The summed E-state index contributed by atoms with van der Waals surface area (Å²) in [6, 6.07) is 5.82. The molecule has 0 amide bonds. The van der Waals surface area contributed by atoms with Crippen LogP contribution in [0.25, 0.3) is 0 Å². The Bertz CT molecular complexity index is 790. The van der Waals surface area contributed by atoms with Crippen molar-refractivity contribution in [2.75, 3.05) is 0 Å². The quantitative estimate of drug-likeness (QED) is 0.890. The molecule has 0 atom stereocenters. The maximum atomic E-state index is 13.8. The van der Waals surface area contributed by atoms with Gasteiger partial charge in [0.2, 0.25) is 0 Å². The Morgan fingerprint density at radius 2 is 2.00 bits per heavy atom. The van der Waals surface area contributed by atoms with Crippen LogP contribution in [-0.2, 0) is 15.6 Å². The molecule has 0 bridgehead atoms. The molecule has 1 aromatic heterocycles. The fourth-order valence-corrected chi connectivity index (χ4v) is 3.23. The zero-order valence-corrected chi connectivity index (χ0v) is 12.9. The number of hydrogen-bond donors (Lipinski definition) is 1. The van der Waals surface area contributed by atoms with Crippen LogP contribution in [0.2, 0.25) is 0 Å². The first-order valence-electron chi connectivity index (χ1n) is 5.65. The highest BCUT2D eigenvalue weighted by Crippen LogP contribution is 2.21. The summed E-state index contributed by atoms with van der Waals surface area (Å²) in [7, 11) is -3.95. The molecule has 0 radical (unpaired) electrons. The van der Waals surface area contributed by atoms with Gasteiger partial charge >= 0.3 is 5.97 Å². The fraction of sp³-hybridized carbons (Fsp3) is 0.0769. The SMILES string of the molecule is O=C(O)c1ccc(S(=O)(=O)Cc2ccc(Br)cn2)c(F)c1. The minimum atomic E-state index is -3.95. The topological polar surface area (TPSA) is 84.3 Å². The van der Waals surface area contributed by atoms with Gasteiger partial charge in [0.1, 0.15) is 10.7 Å². The van der Waals surface area contributed by atoms with Crippen LogP contribution in [0.1, 0.15) is 16.1 Å². The lowest BCUT2D eigenvalue weighted by atomic mass is 10.2. The molecule has 110 valence electrons. The zero-order chi connectivity index (χ0) is 15.6. The third kappa shape index (κ3) is 3.64. The van der Waals surface area contributed by atoms with Crippen molar-refractivity contribution in [3.05, 3.63) is 58.1 Å². The second-order valence-corrected chi connectivity index (χ2v) is 7.05. The summed E-state index contributed by atoms with van der Waals surface area (Å²) < 4.78 is 38.8. The smallest absolute Gasteiger partial charge is 0.335 e. The van der Waals surface area contributed by atoms with E-state index in [2.05, 4.69) is 20.9 Å². The number of aromatic nitrogens is 1. The molecule has 1 N–H and O–H groups in total. The Hall–Kier alpha value is -1.80. The molecule has 1 aromatic carbocycles. The molecule has 0 aliphatic rings. The van der Waals surface area contributed by atoms with Crippen LogP contribution in [0.15, 0.2) is 45.9 Å². The minimum absolute atomic E-state index is 0.264. The number of sulfone groups is 1. The summed E-state index contributed by atoms with van der Waals surface area (Å²) in [5, 5.41) is 8.73. The number of carboxylic acid groups (broad SMARTS) is 1. The Morgan fingerprint density at radius 3 is 2.52 bits per heavy atom. The monoisotopic (exact) mass is 373 g/mol. The van der Waals surface area contributed by atoms with E-state index >= 15 is 0 Å². The van der Waals surface area contributed by atoms with Crippen molar-refractivity contribution >= 4 is 31.7 Å². The van der Waals surface area contributed by atoms with E-state index in [0.717, 1.165) is 12.1 Å². The number of aromatic carboxylic acids is 1. The molecule has 21 heavy (non-hydrogen) atoms. The van der Waals surface area contributed by atoms with E-state index in [-0.39, 0.29) is 11.3 Å². The molecule has 0 aliphatic heterocycles. The number of benzene rings is 1. The summed E-state index contributed by atoms with van der Waals surface area (Å²) in [6.45, 7) is 0. The molecular weight excluding hydrogens is 365 g/mol. The van der Waals surface area contributed by atoms with Crippen LogP contribution in [0.4, 0.5) is 4.39 Å². The third-order valence-electron chi connectivity index (χ3n) is 2.64. The van der Waals surface area contributed by atoms with Crippen molar-refractivity contribution in [1.82, 2.24) is 4.98 Å². The van der Waals surface area contributed by atoms with Crippen LogP contribution >= 0.6 is 15.9 Å². The summed E-state index contributed by atoms with van der Waals surface area (Å²) >= 11 is 3.18. The molecule has 0 spiro atoms. The number of hydrogen-bond acceptors (Lipinski definition) is 4. The lowest BCUT2D eigenvalue weighted by molar-refractivity contribution is 0.0696. The standard InChI is InChI=1S/C13H9BrFNO4S/c14-9-2-3-10(16-6-9)7-21(19,20)12-4-1-8(13(17)18)5-11(12)15/h1-6H,7H2,(H,17,18). The van der Waals surface area contributed by atoms with Crippen LogP contribution in [0.5, 0.6) is 0 Å². The average molecular weight is 374 g/mol. The first-order chi connectivity index (χ1) is 9.79. The summed E-state index contributed by atoms with van der Waals surface area (Å²) in [4.78, 5) is 14.1. The molecule has 8 heteroatoms. The predicted molar refractivity (Wildman–Crippen MR) is 76.2 cm³/mol. The third-order valence-corrected chi connectivity index (χ3v) is 4.79. The van der Waals surface area contributed by atoms with Gasteiger partial charge in [-0.1, -0.05) is 0 Å². The van der Waals surface area contributed by atoms with Gasteiger partial charge < -0.3 is 5.11 Å². The van der Waals surface area contributed by atoms with Crippen molar-refractivity contribution in [2.24, 2.45) is 0 Å². The van der Waals surface area contributed by atoms with Gasteiger partial charge in [-0.15, -0.1) is 0 Å². The number of rotatable bonds is 4. The average Bonchev–Trinajstić information content (AvgIpc) is 2.40. The molecule has 0 fully saturated rings. The van der Waals surface area contributed by atoms with Crippen molar-refractivity contribution in [2.45, 2.75) is 10.6 Å². The van der Waals surface area contributed by atoms with E-state index in [1.54, 1.807) is 6.07 Å². The Labute approximate surface area is 128 Å². The molecule has 0 aliphatic carbocycles. The Balaban J connectivity index is 2.35. The van der Waals surface area contributed by atoms with E-state index in [1.165, 1.54) is 12.3 Å². The number of carbonyl (C=O) groups is 1. The van der Waals surface area contributed by atoms with Gasteiger partial charge in [0.15, 0.2) is 9.84 Å². The summed E-state index contributed by atoms with van der Waals surface area (Å²) in [5.74, 6) is -2.89. The van der Waals surface area contributed by atoms with Crippen molar-refractivity contribution in [3.63, 3.8) is 0 Å². The lowest BCUT2D eigenvalue weighted by Crippen LogP contribution is -2.09. The second-order valence-electron chi connectivity index (χ2n) is 4.18. The van der Waals surface area contributed by atoms with Crippen LogP contribution in [0.3, 0.4) is 0 Å². The van der Waals surface area contributed by atoms with Gasteiger partial charge in [-0.2, -0.15) is 0 Å². The molecule has 2 aromatic rings. The van der Waals surface area contributed by atoms with Gasteiger partial charge in [0.05, 0.1) is 17.0 Å². The highest BCUT2D eigenvalue weighted by molar-refractivity contribution is 9.10. The Kier molecular flexibility index (Phi) is 4.38. The van der Waals surface area contributed by atoms with Gasteiger partial charge in [0, 0.05) is 10.7 Å². The largest absolute Gasteiger partial charge is 0.478 e. The Morgan fingerprint density at radius 1 is 1.29 bits per heavy atom. The van der Waals surface area contributed by atoms with E-state index < -0.39 is 32.3 Å². The van der Waals surface area contributed by atoms with E-state index in [1.807, 2.05) is 0 Å². The number of carboxylic acids is 1. The maximum absolute atomic E-state index is 13.8. The van der Waals surface area contributed by atoms with Crippen LogP contribution < -0.4 is 0 Å². The molecule has 5 nitrogen and oxygen atoms in total. The summed E-state index contributed by atoms with van der Waals surface area (Å²) in [6.07, 6.45) is 1.44. The molecule has 1 heterocycles. The molecule has 0 saturated heterocycles. The highest BCUT2D eigenvalue weighted by atomic mass is 79.9. The predicted octanol–water partition coefficient (Wildman–Crippen LogP) is 2.66. The lowest BCUT2D eigenvalue weighted by Gasteiger charge is -2.06. The first kappa shape index (κ1) is 15.6. The number of halogens is 2. The van der Waals surface area contributed by atoms with Gasteiger partial charge in [-0.05, 0) is 46.3 Å². The zero-order valence-electron chi connectivity index (χ0n) is 10.5. The normalized spacial score (nSPS) is 11.3. The second kappa shape index (κ2) is 5.90. The minimum Gasteiger partial charge on any atom is -0.478 e. The number of pyridine rings is 1. The van der Waals surface area contributed by atoms with E-state index in [9.17, 15) is 17.6 Å². The molecule has 2 rings (SSSR count). The highest BCUT2D eigenvalue weighted by Gasteiger charge is 2.21. The van der Waals surface area contributed by atoms with Crippen molar-refractivity contribution < 1.29 is 22.7 Å². The fourth-order valence-electron chi connectivity index (χ4n) is 1.65. The van der Waals surface area contributed by atoms with Gasteiger partial charge in [-0.3, -0.25) is 4.98 Å². The van der Waals surface area contributed by atoms with Gasteiger partial charge in [-0.25, -0.2) is 17.6 Å². The van der Waals surface area contributed by atoms with Crippen LogP contribution in [0, 0.1) is 5.82 Å². The molecular formula is C13H9BrFNO4S. The first-order valence-corrected chi connectivity index (χ1v) is 8.10. The number of nitrogens with zero attached hydrogens (tertiary/aromatic N) is 1. The van der Waals surface area contributed by atoms with E-state index in [4.69, 9.17) is 5.11 Å². The van der Waals surface area contributed by atoms with Gasteiger partial charge in [0.25, 0.3) is 0 Å². The summed E-state index contributed by atoms with van der Waals surface area (Å²) in [5.41, 5.74) is -0.0480. The van der Waals surface area contributed by atoms with Crippen molar-refractivity contribution in [3.8, 4) is 0 Å².